The van der Waals surface area contributed by atoms with Crippen molar-refractivity contribution in [2.24, 2.45) is 0 Å². The maximum absolute atomic E-state index is 13.0. The molecule has 158 valence electrons. The third kappa shape index (κ3) is 4.54. The number of amides is 1. The molecule has 1 fully saturated rings. The van der Waals surface area contributed by atoms with E-state index in [0.717, 1.165) is 5.56 Å². The van der Waals surface area contributed by atoms with Gasteiger partial charge in [-0.1, -0.05) is 42.5 Å². The number of hydrogen-bond donors (Lipinski definition) is 1. The average molecular weight is 408 g/mol. The van der Waals surface area contributed by atoms with E-state index in [-0.39, 0.29) is 17.4 Å². The van der Waals surface area contributed by atoms with Gasteiger partial charge in [0.15, 0.2) is 0 Å². The number of ether oxygens (including phenoxy) is 1. The van der Waals surface area contributed by atoms with E-state index in [2.05, 4.69) is 0 Å². The van der Waals surface area contributed by atoms with Crippen LogP contribution >= 0.6 is 0 Å². The zero-order valence-corrected chi connectivity index (χ0v) is 17.8. The standard InChI is InChI=1S/C24H28N2O4/c1-16(2)30-19-12-8-11-18(15-19)21-20(22(27)17-9-6-5-7-10-17)23(28)24(29)26(21)14-13-25(3)4/h5-12,15-16,21,27H,13-14H2,1-4H3/b22-20-. The molecule has 1 atom stereocenters. The molecule has 0 bridgehead atoms. The van der Waals surface area contributed by atoms with Crippen molar-refractivity contribution in [3.05, 3.63) is 71.3 Å². The molecule has 0 aromatic heterocycles. The first-order valence-electron chi connectivity index (χ1n) is 10.0. The molecule has 1 aliphatic heterocycles. The molecule has 2 aromatic rings. The minimum absolute atomic E-state index is 0.00956. The molecule has 1 amide bonds. The summed E-state index contributed by atoms with van der Waals surface area (Å²) in [6, 6.07) is 15.5. The summed E-state index contributed by atoms with van der Waals surface area (Å²) in [5.41, 5.74) is 1.33. The molecular weight excluding hydrogens is 380 g/mol. The Kier molecular flexibility index (Phi) is 6.57. The molecule has 6 nitrogen and oxygen atoms in total. The zero-order valence-electron chi connectivity index (χ0n) is 17.8. The summed E-state index contributed by atoms with van der Waals surface area (Å²) in [6.45, 7) is 4.83. The van der Waals surface area contributed by atoms with E-state index < -0.39 is 17.7 Å². The summed E-state index contributed by atoms with van der Waals surface area (Å²) >= 11 is 0. The van der Waals surface area contributed by atoms with E-state index in [9.17, 15) is 14.7 Å². The number of benzene rings is 2. The van der Waals surface area contributed by atoms with E-state index in [1.165, 1.54) is 4.90 Å². The second kappa shape index (κ2) is 9.13. The van der Waals surface area contributed by atoms with Crippen LogP contribution in [0.4, 0.5) is 0 Å². The topological polar surface area (TPSA) is 70.1 Å². The minimum atomic E-state index is -0.680. The van der Waals surface area contributed by atoms with Gasteiger partial charge in [0.2, 0.25) is 0 Å². The number of aliphatic hydroxyl groups is 1. The lowest BCUT2D eigenvalue weighted by atomic mass is 9.95. The van der Waals surface area contributed by atoms with Gasteiger partial charge in [-0.15, -0.1) is 0 Å². The molecule has 3 rings (SSSR count). The van der Waals surface area contributed by atoms with Gasteiger partial charge in [-0.05, 0) is 45.6 Å². The van der Waals surface area contributed by atoms with Gasteiger partial charge in [-0.3, -0.25) is 9.59 Å². The molecule has 2 aromatic carbocycles. The molecule has 1 heterocycles. The average Bonchev–Trinajstić information content (AvgIpc) is 2.96. The smallest absolute Gasteiger partial charge is 0.295 e. The number of likely N-dealkylation sites (tertiary alicyclic amines) is 1. The fourth-order valence-corrected chi connectivity index (χ4v) is 3.55. The van der Waals surface area contributed by atoms with Crippen molar-refractivity contribution in [2.75, 3.05) is 27.2 Å². The Bertz CT molecular complexity index is 951. The van der Waals surface area contributed by atoms with Crippen molar-refractivity contribution in [3.8, 4) is 5.75 Å². The maximum atomic E-state index is 13.0. The van der Waals surface area contributed by atoms with E-state index in [4.69, 9.17) is 4.74 Å². The summed E-state index contributed by atoms with van der Waals surface area (Å²) in [4.78, 5) is 29.3. The third-order valence-electron chi connectivity index (χ3n) is 4.92. The van der Waals surface area contributed by atoms with Gasteiger partial charge in [0, 0.05) is 18.7 Å². The van der Waals surface area contributed by atoms with Crippen LogP contribution in [0.3, 0.4) is 0 Å². The maximum Gasteiger partial charge on any atom is 0.295 e. The molecule has 0 aliphatic carbocycles. The fraction of sp³-hybridized carbons (Fsp3) is 0.333. The van der Waals surface area contributed by atoms with E-state index >= 15 is 0 Å². The molecule has 30 heavy (non-hydrogen) atoms. The number of rotatable bonds is 7. The molecule has 0 radical (unpaired) electrons. The largest absolute Gasteiger partial charge is 0.507 e. The molecule has 0 spiro atoms. The van der Waals surface area contributed by atoms with Crippen LogP contribution in [0, 0.1) is 0 Å². The van der Waals surface area contributed by atoms with Crippen LogP contribution in [0.1, 0.15) is 31.0 Å². The Morgan fingerprint density at radius 2 is 1.80 bits per heavy atom. The summed E-state index contributed by atoms with van der Waals surface area (Å²) in [6.07, 6.45) is -0.00956. The van der Waals surface area contributed by atoms with Gasteiger partial charge in [0.25, 0.3) is 11.7 Å². The normalized spacial score (nSPS) is 18.5. The quantitative estimate of drug-likeness (QED) is 0.432. The molecule has 1 unspecified atom stereocenters. The lowest BCUT2D eigenvalue weighted by Gasteiger charge is -2.27. The SMILES string of the molecule is CC(C)Oc1cccc(C2/C(=C(/O)c3ccccc3)C(=O)C(=O)N2CCN(C)C)c1. The summed E-state index contributed by atoms with van der Waals surface area (Å²) in [7, 11) is 3.82. The molecule has 6 heteroatoms. The predicted molar refractivity (Wildman–Crippen MR) is 116 cm³/mol. The first-order chi connectivity index (χ1) is 14.3. The van der Waals surface area contributed by atoms with E-state index in [1.807, 2.05) is 63.2 Å². The van der Waals surface area contributed by atoms with E-state index in [1.54, 1.807) is 24.3 Å². The van der Waals surface area contributed by atoms with Gasteiger partial charge in [-0.25, -0.2) is 0 Å². The van der Waals surface area contributed by atoms with E-state index in [0.29, 0.717) is 24.4 Å². The first-order valence-corrected chi connectivity index (χ1v) is 10.0. The molecule has 1 aliphatic rings. The lowest BCUT2D eigenvalue weighted by Crippen LogP contribution is -2.35. The van der Waals surface area contributed by atoms with Crippen LogP contribution in [0.15, 0.2) is 60.2 Å². The number of carbonyl (C=O) groups excluding carboxylic acids is 2. The van der Waals surface area contributed by atoms with Gasteiger partial charge in [0.1, 0.15) is 11.5 Å². The number of hydrogen-bond acceptors (Lipinski definition) is 5. The van der Waals surface area contributed by atoms with Crippen molar-refractivity contribution in [1.82, 2.24) is 9.80 Å². The number of nitrogens with zero attached hydrogens (tertiary/aromatic N) is 2. The molecule has 1 saturated heterocycles. The van der Waals surface area contributed by atoms with Gasteiger partial charge in [-0.2, -0.15) is 0 Å². The van der Waals surface area contributed by atoms with Gasteiger partial charge >= 0.3 is 0 Å². The van der Waals surface area contributed by atoms with Crippen LogP contribution in [0.2, 0.25) is 0 Å². The van der Waals surface area contributed by atoms with Crippen molar-refractivity contribution >= 4 is 17.4 Å². The Morgan fingerprint density at radius 1 is 1.10 bits per heavy atom. The highest BCUT2D eigenvalue weighted by Gasteiger charge is 2.46. The van der Waals surface area contributed by atoms with Crippen LogP contribution in [-0.4, -0.2) is 59.9 Å². The van der Waals surface area contributed by atoms with Crippen LogP contribution in [0.25, 0.3) is 5.76 Å². The van der Waals surface area contributed by atoms with Crippen LogP contribution in [-0.2, 0) is 9.59 Å². The van der Waals surface area contributed by atoms with Crippen molar-refractivity contribution in [3.63, 3.8) is 0 Å². The highest BCUT2D eigenvalue weighted by atomic mass is 16.5. The Hall–Kier alpha value is -3.12. The highest BCUT2D eigenvalue weighted by molar-refractivity contribution is 6.46. The van der Waals surface area contributed by atoms with Crippen molar-refractivity contribution in [1.29, 1.82) is 0 Å². The lowest BCUT2D eigenvalue weighted by molar-refractivity contribution is -0.140. The summed E-state index contributed by atoms with van der Waals surface area (Å²) < 4.78 is 5.81. The monoisotopic (exact) mass is 408 g/mol. The number of likely N-dealkylation sites (N-methyl/N-ethyl adjacent to an activating group) is 1. The summed E-state index contributed by atoms with van der Waals surface area (Å²) in [5, 5.41) is 11.0. The second-order valence-electron chi connectivity index (χ2n) is 7.90. The summed E-state index contributed by atoms with van der Waals surface area (Å²) in [5.74, 6) is -0.785. The zero-order chi connectivity index (χ0) is 21.8. The highest BCUT2D eigenvalue weighted by Crippen LogP contribution is 2.40. The first kappa shape index (κ1) is 21.6. The predicted octanol–water partition coefficient (Wildman–Crippen LogP) is 3.46. The third-order valence-corrected chi connectivity index (χ3v) is 4.92. The van der Waals surface area contributed by atoms with Gasteiger partial charge < -0.3 is 19.6 Å². The number of Topliss-reactive ketones (excluding diaryl/α,β-unsaturated/α-hetero) is 1. The van der Waals surface area contributed by atoms with Crippen LogP contribution in [0.5, 0.6) is 5.75 Å². The molecular formula is C24H28N2O4. The molecule has 0 saturated carbocycles. The Labute approximate surface area is 177 Å². The molecule has 1 N–H and O–H groups in total. The fourth-order valence-electron chi connectivity index (χ4n) is 3.55. The van der Waals surface area contributed by atoms with Crippen LogP contribution < -0.4 is 4.74 Å². The van der Waals surface area contributed by atoms with Crippen molar-refractivity contribution < 1.29 is 19.4 Å². The number of carbonyl (C=O) groups is 2. The minimum Gasteiger partial charge on any atom is -0.507 e. The number of ketones is 1. The number of aliphatic hydroxyl groups excluding tert-OH is 1. The second-order valence-corrected chi connectivity index (χ2v) is 7.90. The Morgan fingerprint density at radius 3 is 2.43 bits per heavy atom. The Balaban J connectivity index is 2.13. The van der Waals surface area contributed by atoms with Gasteiger partial charge in [0.05, 0.1) is 17.7 Å². The van der Waals surface area contributed by atoms with Crippen molar-refractivity contribution in [2.45, 2.75) is 26.0 Å².